The number of hydrogen-bond donors (Lipinski definition) is 1. The lowest BCUT2D eigenvalue weighted by Crippen LogP contribution is -1.92. The Morgan fingerprint density at radius 1 is 1.25 bits per heavy atom. The molecule has 0 bridgehead atoms. The van der Waals surface area contributed by atoms with Gasteiger partial charge in [0.05, 0.1) is 26.1 Å². The van der Waals surface area contributed by atoms with Gasteiger partial charge in [0.15, 0.2) is 11.6 Å². The number of aromatic nitrogens is 2. The molecule has 0 aliphatic carbocycles. The minimum absolute atomic E-state index is 0.0179. The molecule has 1 aromatic carbocycles. The molecule has 1 aromatic heterocycles. The van der Waals surface area contributed by atoms with E-state index < -0.39 is 0 Å². The van der Waals surface area contributed by atoms with Gasteiger partial charge >= 0.3 is 0 Å². The van der Waals surface area contributed by atoms with Gasteiger partial charge in [-0.15, -0.1) is 0 Å². The molecular weight excluding hydrogens is 204 g/mol. The summed E-state index contributed by atoms with van der Waals surface area (Å²) in [6.45, 7) is 0.0179. The molecule has 0 fully saturated rings. The maximum atomic E-state index is 9.03. The monoisotopic (exact) mass is 216 g/mol. The average molecular weight is 216 g/mol. The molecule has 0 radical (unpaired) electrons. The van der Waals surface area contributed by atoms with E-state index in [4.69, 9.17) is 9.84 Å². The second kappa shape index (κ2) is 4.72. The summed E-state index contributed by atoms with van der Waals surface area (Å²) < 4.78 is 4.98. The van der Waals surface area contributed by atoms with Crippen LogP contribution >= 0.6 is 0 Å². The smallest absolute Gasteiger partial charge is 0.159 e. The minimum atomic E-state index is 0.0179. The van der Waals surface area contributed by atoms with Crippen molar-refractivity contribution in [3.63, 3.8) is 0 Å². The zero-order chi connectivity index (χ0) is 11.4. The molecule has 0 spiro atoms. The molecule has 4 heteroatoms. The Kier molecular flexibility index (Phi) is 3.12. The summed E-state index contributed by atoms with van der Waals surface area (Å²) in [5.74, 6) is 1.25. The maximum absolute atomic E-state index is 9.03. The molecule has 16 heavy (non-hydrogen) atoms. The van der Waals surface area contributed by atoms with E-state index in [-0.39, 0.29) is 6.61 Å². The summed E-state index contributed by atoms with van der Waals surface area (Å²) in [7, 11) is 1.57. The summed E-state index contributed by atoms with van der Waals surface area (Å²) in [5.41, 5.74) is 1.73. The molecule has 0 amide bonds. The lowest BCUT2D eigenvalue weighted by molar-refractivity contribution is 0.282. The van der Waals surface area contributed by atoms with Crippen LogP contribution < -0.4 is 4.74 Å². The highest BCUT2D eigenvalue weighted by Gasteiger charge is 2.02. The molecular formula is C12H12N2O2. The van der Waals surface area contributed by atoms with Crippen molar-refractivity contribution < 1.29 is 9.84 Å². The number of aliphatic hydroxyl groups is 1. The van der Waals surface area contributed by atoms with Crippen LogP contribution in [0, 0.1) is 0 Å². The number of aliphatic hydroxyl groups excluding tert-OH is 1. The number of rotatable bonds is 3. The fourth-order valence-corrected chi connectivity index (χ4v) is 1.38. The maximum Gasteiger partial charge on any atom is 0.159 e. The Labute approximate surface area is 93.6 Å². The molecule has 2 aromatic rings. The Hall–Kier alpha value is -1.94. The van der Waals surface area contributed by atoms with Gasteiger partial charge in [0.2, 0.25) is 0 Å². The van der Waals surface area contributed by atoms with Crippen LogP contribution in [0.15, 0.2) is 36.7 Å². The first-order valence-electron chi connectivity index (χ1n) is 4.89. The summed E-state index contributed by atoms with van der Waals surface area (Å²) in [6, 6.07) is 7.49. The first-order chi connectivity index (χ1) is 7.83. The zero-order valence-corrected chi connectivity index (χ0v) is 8.92. The van der Waals surface area contributed by atoms with Crippen molar-refractivity contribution in [1.29, 1.82) is 0 Å². The van der Waals surface area contributed by atoms with E-state index >= 15 is 0 Å². The van der Waals surface area contributed by atoms with Gasteiger partial charge in [-0.1, -0.05) is 18.2 Å². The largest absolute Gasteiger partial charge is 0.494 e. The summed E-state index contributed by atoms with van der Waals surface area (Å²) in [6.07, 6.45) is 3.24. The normalized spacial score (nSPS) is 10.1. The van der Waals surface area contributed by atoms with Crippen LogP contribution in [0.25, 0.3) is 11.4 Å². The molecule has 0 atom stereocenters. The van der Waals surface area contributed by atoms with Gasteiger partial charge in [-0.3, -0.25) is 0 Å². The first-order valence-corrected chi connectivity index (χ1v) is 4.89. The molecule has 0 saturated carbocycles. The second-order valence-corrected chi connectivity index (χ2v) is 3.30. The SMILES string of the molecule is COc1cnc(-c2cccc(CO)c2)nc1. The Morgan fingerprint density at radius 2 is 2.00 bits per heavy atom. The first kappa shape index (κ1) is 10.6. The highest BCUT2D eigenvalue weighted by Crippen LogP contribution is 2.17. The number of ether oxygens (including phenoxy) is 1. The van der Waals surface area contributed by atoms with Gasteiger partial charge in [0.25, 0.3) is 0 Å². The van der Waals surface area contributed by atoms with E-state index in [1.54, 1.807) is 19.5 Å². The van der Waals surface area contributed by atoms with Crippen molar-refractivity contribution in [2.24, 2.45) is 0 Å². The summed E-state index contributed by atoms with van der Waals surface area (Å²) in [5, 5.41) is 9.03. The van der Waals surface area contributed by atoms with Gasteiger partial charge in [-0.2, -0.15) is 0 Å². The van der Waals surface area contributed by atoms with Crippen molar-refractivity contribution in [2.75, 3.05) is 7.11 Å². The van der Waals surface area contributed by atoms with Crippen molar-refractivity contribution in [1.82, 2.24) is 9.97 Å². The third kappa shape index (κ3) is 2.17. The molecule has 4 nitrogen and oxygen atoms in total. The Balaban J connectivity index is 2.34. The lowest BCUT2D eigenvalue weighted by Gasteiger charge is -2.03. The third-order valence-electron chi connectivity index (χ3n) is 2.23. The van der Waals surface area contributed by atoms with Crippen molar-refractivity contribution in [3.8, 4) is 17.1 Å². The molecule has 2 rings (SSSR count). The Morgan fingerprint density at radius 3 is 2.62 bits per heavy atom. The van der Waals surface area contributed by atoms with Crippen LogP contribution in [0.1, 0.15) is 5.56 Å². The van der Waals surface area contributed by atoms with E-state index in [0.29, 0.717) is 11.6 Å². The number of nitrogens with zero attached hydrogens (tertiary/aromatic N) is 2. The van der Waals surface area contributed by atoms with Crippen LogP contribution in [0.3, 0.4) is 0 Å². The van der Waals surface area contributed by atoms with E-state index in [1.165, 1.54) is 0 Å². The molecule has 1 N–H and O–H groups in total. The summed E-state index contributed by atoms with van der Waals surface area (Å²) in [4.78, 5) is 8.35. The van der Waals surface area contributed by atoms with Crippen LogP contribution in [0.2, 0.25) is 0 Å². The molecule has 0 aliphatic heterocycles. The quantitative estimate of drug-likeness (QED) is 0.847. The van der Waals surface area contributed by atoms with Crippen LogP contribution in [-0.4, -0.2) is 22.2 Å². The second-order valence-electron chi connectivity index (χ2n) is 3.30. The van der Waals surface area contributed by atoms with Crippen molar-refractivity contribution in [3.05, 3.63) is 42.2 Å². The number of benzene rings is 1. The number of hydrogen-bond acceptors (Lipinski definition) is 4. The van der Waals surface area contributed by atoms with Gasteiger partial charge in [0.1, 0.15) is 0 Å². The van der Waals surface area contributed by atoms with E-state index in [2.05, 4.69) is 9.97 Å². The average Bonchev–Trinajstić information content (AvgIpc) is 2.39. The fourth-order valence-electron chi connectivity index (χ4n) is 1.38. The predicted molar refractivity (Wildman–Crippen MR) is 59.9 cm³/mol. The third-order valence-corrected chi connectivity index (χ3v) is 2.23. The topological polar surface area (TPSA) is 55.2 Å². The van der Waals surface area contributed by atoms with E-state index in [1.807, 2.05) is 24.3 Å². The predicted octanol–water partition coefficient (Wildman–Crippen LogP) is 1.64. The van der Waals surface area contributed by atoms with Crippen molar-refractivity contribution in [2.45, 2.75) is 6.61 Å². The van der Waals surface area contributed by atoms with Gasteiger partial charge < -0.3 is 9.84 Å². The van der Waals surface area contributed by atoms with Crippen molar-refractivity contribution >= 4 is 0 Å². The van der Waals surface area contributed by atoms with Gasteiger partial charge in [-0.05, 0) is 11.6 Å². The van der Waals surface area contributed by atoms with E-state index in [9.17, 15) is 0 Å². The highest BCUT2D eigenvalue weighted by molar-refractivity contribution is 5.55. The van der Waals surface area contributed by atoms with E-state index in [0.717, 1.165) is 11.1 Å². The summed E-state index contributed by atoms with van der Waals surface area (Å²) >= 11 is 0. The standard InChI is InChI=1S/C12H12N2O2/c1-16-11-6-13-12(14-7-11)10-4-2-3-9(5-10)8-15/h2-7,15H,8H2,1H3. The minimum Gasteiger partial charge on any atom is -0.494 e. The molecule has 0 saturated heterocycles. The van der Waals surface area contributed by atoms with Gasteiger partial charge in [0, 0.05) is 5.56 Å². The lowest BCUT2D eigenvalue weighted by atomic mass is 10.1. The van der Waals surface area contributed by atoms with Crippen LogP contribution in [-0.2, 0) is 6.61 Å². The Bertz CT molecular complexity index is 469. The zero-order valence-electron chi connectivity index (χ0n) is 8.92. The molecule has 1 heterocycles. The molecule has 0 unspecified atom stereocenters. The number of methoxy groups -OCH3 is 1. The van der Waals surface area contributed by atoms with Gasteiger partial charge in [-0.25, -0.2) is 9.97 Å². The fraction of sp³-hybridized carbons (Fsp3) is 0.167. The highest BCUT2D eigenvalue weighted by atomic mass is 16.5. The van der Waals surface area contributed by atoms with Crippen LogP contribution in [0.4, 0.5) is 0 Å². The van der Waals surface area contributed by atoms with Crippen LogP contribution in [0.5, 0.6) is 5.75 Å². The molecule has 0 aliphatic rings. The molecule has 82 valence electrons.